The zero-order valence-electron chi connectivity index (χ0n) is 20.2. The first-order valence-corrected chi connectivity index (χ1v) is 12.0. The zero-order valence-corrected chi connectivity index (χ0v) is 20.2. The van der Waals surface area contributed by atoms with E-state index in [9.17, 15) is 26.7 Å². The highest BCUT2D eigenvalue weighted by atomic mass is 19.4. The molecule has 1 amide bonds. The van der Waals surface area contributed by atoms with Crippen molar-refractivity contribution in [1.29, 1.82) is 0 Å². The number of nitrogens with zero attached hydrogens (tertiary/aromatic N) is 1. The van der Waals surface area contributed by atoms with E-state index < -0.39 is 24.6 Å². The van der Waals surface area contributed by atoms with Gasteiger partial charge in [-0.25, -0.2) is 8.78 Å². The van der Waals surface area contributed by atoms with Gasteiger partial charge in [-0.1, -0.05) is 25.0 Å². The van der Waals surface area contributed by atoms with Crippen LogP contribution in [0.2, 0.25) is 0 Å². The summed E-state index contributed by atoms with van der Waals surface area (Å²) in [4.78, 5) is 14.5. The number of halogens is 5. The Morgan fingerprint density at radius 3 is 2.29 bits per heavy atom. The Morgan fingerprint density at radius 1 is 1.00 bits per heavy atom. The quantitative estimate of drug-likeness (QED) is 0.211. The molecule has 0 saturated carbocycles. The molecule has 0 saturated heterocycles. The second-order valence-corrected chi connectivity index (χ2v) is 8.35. The van der Waals surface area contributed by atoms with E-state index in [4.69, 9.17) is 0 Å². The lowest BCUT2D eigenvalue weighted by molar-refractivity contribution is -0.137. The first-order valence-electron chi connectivity index (χ1n) is 12.0. The molecule has 0 heterocycles. The van der Waals surface area contributed by atoms with Gasteiger partial charge in [0, 0.05) is 31.7 Å². The monoisotopic (exact) mass is 499 g/mol. The molecule has 0 bridgehead atoms. The van der Waals surface area contributed by atoms with Crippen molar-refractivity contribution >= 4 is 23.0 Å². The molecule has 0 fully saturated rings. The Kier molecular flexibility index (Phi) is 11.3. The lowest BCUT2D eigenvalue weighted by Gasteiger charge is -2.25. The predicted molar refractivity (Wildman–Crippen MR) is 131 cm³/mol. The van der Waals surface area contributed by atoms with E-state index >= 15 is 0 Å². The summed E-state index contributed by atoms with van der Waals surface area (Å²) in [5.41, 5.74) is 2.31. The summed E-state index contributed by atoms with van der Waals surface area (Å²) in [7, 11) is 0. The SMILES string of the molecule is CCN(CC)c1cc(NCc2ccc(C(F)(F)F)cc2)ccc1NC(=O)CCCCC[C@H](F)CF. The van der Waals surface area contributed by atoms with Gasteiger partial charge >= 0.3 is 6.18 Å². The number of amides is 1. The van der Waals surface area contributed by atoms with E-state index in [2.05, 4.69) is 15.5 Å². The lowest BCUT2D eigenvalue weighted by Crippen LogP contribution is -2.24. The van der Waals surface area contributed by atoms with E-state index in [-0.39, 0.29) is 18.7 Å². The molecular weight excluding hydrogens is 465 g/mol. The molecule has 2 N–H and O–H groups in total. The molecule has 35 heavy (non-hydrogen) atoms. The van der Waals surface area contributed by atoms with Gasteiger partial charge < -0.3 is 15.5 Å². The topological polar surface area (TPSA) is 44.4 Å². The van der Waals surface area contributed by atoms with Crippen LogP contribution in [0.1, 0.15) is 57.1 Å². The van der Waals surface area contributed by atoms with E-state index in [0.717, 1.165) is 36.6 Å². The highest BCUT2D eigenvalue weighted by molar-refractivity contribution is 5.95. The van der Waals surface area contributed by atoms with Crippen LogP contribution in [0, 0.1) is 0 Å². The number of alkyl halides is 5. The van der Waals surface area contributed by atoms with Crippen molar-refractivity contribution in [3.63, 3.8) is 0 Å². The van der Waals surface area contributed by atoms with Crippen molar-refractivity contribution in [2.45, 2.75) is 64.8 Å². The fraction of sp³-hybridized carbons (Fsp3) is 0.500. The van der Waals surface area contributed by atoms with Crippen molar-refractivity contribution in [3.05, 3.63) is 53.6 Å². The minimum atomic E-state index is -4.36. The Balaban J connectivity index is 2.00. The maximum atomic E-state index is 12.9. The molecule has 2 aromatic carbocycles. The minimum absolute atomic E-state index is 0.147. The molecule has 0 aromatic heterocycles. The molecule has 2 rings (SSSR count). The van der Waals surface area contributed by atoms with Gasteiger partial charge in [0.15, 0.2) is 0 Å². The van der Waals surface area contributed by atoms with E-state index in [0.29, 0.717) is 37.1 Å². The molecule has 0 spiro atoms. The number of carbonyl (C=O) groups is 1. The van der Waals surface area contributed by atoms with E-state index in [1.165, 1.54) is 12.1 Å². The van der Waals surface area contributed by atoms with Crippen molar-refractivity contribution < 1.29 is 26.7 Å². The van der Waals surface area contributed by atoms with Gasteiger partial charge in [0.05, 0.1) is 16.9 Å². The molecule has 0 aliphatic heterocycles. The van der Waals surface area contributed by atoms with E-state index in [1.807, 2.05) is 26.0 Å². The maximum absolute atomic E-state index is 12.9. The van der Waals surface area contributed by atoms with Gasteiger partial charge in [0.1, 0.15) is 12.8 Å². The molecule has 0 radical (unpaired) electrons. The zero-order chi connectivity index (χ0) is 25.8. The third kappa shape index (κ3) is 9.38. The summed E-state index contributed by atoms with van der Waals surface area (Å²) in [6.07, 6.45) is -3.53. The Hall–Kier alpha value is -2.84. The summed E-state index contributed by atoms with van der Waals surface area (Å²) in [5, 5.41) is 6.17. The number of unbranched alkanes of at least 4 members (excludes halogenated alkanes) is 2. The maximum Gasteiger partial charge on any atom is 0.416 e. The van der Waals surface area contributed by atoms with Gasteiger partial charge in [-0.2, -0.15) is 13.2 Å². The van der Waals surface area contributed by atoms with Crippen molar-refractivity contribution in [1.82, 2.24) is 0 Å². The standard InChI is InChI=1S/C26H34F5N3O/c1-3-34(4-2)24-16-22(32-18-19-10-12-20(13-11-19)26(29,30)31)14-15-23(24)33-25(35)9-7-5-6-8-21(28)17-27/h10-16,21,32H,3-9,17-18H2,1-2H3,(H,33,35)/t21-/m0/s1. The average molecular weight is 500 g/mol. The van der Waals surface area contributed by atoms with Crippen LogP contribution in [-0.4, -0.2) is 31.8 Å². The molecule has 0 unspecified atom stereocenters. The fourth-order valence-corrected chi connectivity index (χ4v) is 3.71. The normalized spacial score (nSPS) is 12.3. The van der Waals surface area contributed by atoms with Gasteiger partial charge in [0.2, 0.25) is 5.91 Å². The Morgan fingerprint density at radius 2 is 1.69 bits per heavy atom. The van der Waals surface area contributed by atoms with Crippen LogP contribution in [0.25, 0.3) is 0 Å². The molecule has 0 aliphatic rings. The van der Waals surface area contributed by atoms with Crippen LogP contribution in [0.15, 0.2) is 42.5 Å². The highest BCUT2D eigenvalue weighted by Gasteiger charge is 2.29. The first kappa shape index (κ1) is 28.4. The number of hydrogen-bond acceptors (Lipinski definition) is 3. The van der Waals surface area contributed by atoms with Gasteiger partial charge in [-0.3, -0.25) is 4.79 Å². The number of benzene rings is 2. The number of anilines is 3. The number of carbonyl (C=O) groups excluding carboxylic acids is 1. The second-order valence-electron chi connectivity index (χ2n) is 8.35. The molecule has 4 nitrogen and oxygen atoms in total. The smallest absolute Gasteiger partial charge is 0.381 e. The fourth-order valence-electron chi connectivity index (χ4n) is 3.71. The molecule has 0 aliphatic carbocycles. The van der Waals surface area contributed by atoms with Crippen LogP contribution in [0.5, 0.6) is 0 Å². The first-order chi connectivity index (χ1) is 16.7. The van der Waals surface area contributed by atoms with Crippen molar-refractivity contribution in [2.75, 3.05) is 35.3 Å². The van der Waals surface area contributed by atoms with Crippen LogP contribution < -0.4 is 15.5 Å². The van der Waals surface area contributed by atoms with Crippen LogP contribution in [-0.2, 0) is 17.5 Å². The number of rotatable bonds is 14. The highest BCUT2D eigenvalue weighted by Crippen LogP contribution is 2.31. The van der Waals surface area contributed by atoms with Crippen molar-refractivity contribution in [2.24, 2.45) is 0 Å². The largest absolute Gasteiger partial charge is 0.416 e. The third-order valence-electron chi connectivity index (χ3n) is 5.74. The molecule has 194 valence electrons. The van der Waals surface area contributed by atoms with Gasteiger partial charge in [-0.05, 0) is 62.6 Å². The minimum Gasteiger partial charge on any atom is -0.381 e. The third-order valence-corrected chi connectivity index (χ3v) is 5.74. The Bertz CT molecular complexity index is 914. The summed E-state index contributed by atoms with van der Waals surface area (Å²) in [6.45, 7) is 4.84. The van der Waals surface area contributed by atoms with Crippen LogP contribution >= 0.6 is 0 Å². The van der Waals surface area contributed by atoms with Gasteiger partial charge in [0.25, 0.3) is 0 Å². The number of hydrogen-bond donors (Lipinski definition) is 2. The molecular formula is C26H34F5N3O. The predicted octanol–water partition coefficient (Wildman–Crippen LogP) is 7.36. The number of nitrogens with one attached hydrogen (secondary N) is 2. The van der Waals surface area contributed by atoms with Crippen LogP contribution in [0.3, 0.4) is 0 Å². The second kappa shape index (κ2) is 13.9. The molecule has 1 atom stereocenters. The lowest BCUT2D eigenvalue weighted by atomic mass is 10.1. The summed E-state index contributed by atoms with van der Waals surface area (Å²) < 4.78 is 63.4. The molecule has 9 heteroatoms. The average Bonchev–Trinajstić information content (AvgIpc) is 2.84. The van der Waals surface area contributed by atoms with Crippen LogP contribution in [0.4, 0.5) is 39.0 Å². The summed E-state index contributed by atoms with van der Waals surface area (Å²) in [5.74, 6) is -0.147. The Labute approximate surface area is 203 Å². The van der Waals surface area contributed by atoms with Crippen molar-refractivity contribution in [3.8, 4) is 0 Å². The van der Waals surface area contributed by atoms with Gasteiger partial charge in [-0.15, -0.1) is 0 Å². The summed E-state index contributed by atoms with van der Waals surface area (Å²) in [6, 6.07) is 10.5. The molecule has 2 aromatic rings. The summed E-state index contributed by atoms with van der Waals surface area (Å²) >= 11 is 0. The van der Waals surface area contributed by atoms with E-state index in [1.54, 1.807) is 6.07 Å².